The molecule has 0 saturated heterocycles. The minimum absolute atomic E-state index is 0.836. The molecule has 0 aliphatic heterocycles. The van der Waals surface area contributed by atoms with Gasteiger partial charge in [-0.05, 0) is 36.8 Å². The Balaban J connectivity index is 2.77. The standard InChI is InChI=1S/C8H19NS/c1-8(2)7-10-6-4-3-5-9/h8H,3-7,9H2,1-2H3. The van der Waals surface area contributed by atoms with Gasteiger partial charge in [0.2, 0.25) is 0 Å². The zero-order valence-corrected chi connectivity index (χ0v) is 7.91. The van der Waals surface area contributed by atoms with Crippen molar-refractivity contribution in [3.63, 3.8) is 0 Å². The van der Waals surface area contributed by atoms with Gasteiger partial charge in [0.05, 0.1) is 0 Å². The highest BCUT2D eigenvalue weighted by Gasteiger charge is 1.92. The van der Waals surface area contributed by atoms with Gasteiger partial charge in [-0.2, -0.15) is 11.8 Å². The van der Waals surface area contributed by atoms with Crippen LogP contribution in [0.5, 0.6) is 0 Å². The predicted molar refractivity (Wildman–Crippen MR) is 50.5 cm³/mol. The monoisotopic (exact) mass is 161 g/mol. The fourth-order valence-electron chi connectivity index (χ4n) is 0.667. The van der Waals surface area contributed by atoms with Crippen LogP contribution in [0.2, 0.25) is 0 Å². The first-order valence-electron chi connectivity index (χ1n) is 4.05. The van der Waals surface area contributed by atoms with Gasteiger partial charge in [0.1, 0.15) is 0 Å². The van der Waals surface area contributed by atoms with Crippen LogP contribution in [0, 0.1) is 5.92 Å². The Morgan fingerprint density at radius 3 is 2.50 bits per heavy atom. The van der Waals surface area contributed by atoms with E-state index in [1.54, 1.807) is 0 Å². The Morgan fingerprint density at radius 1 is 1.30 bits per heavy atom. The summed E-state index contributed by atoms with van der Waals surface area (Å²) in [5.74, 6) is 3.42. The molecule has 0 aliphatic carbocycles. The summed E-state index contributed by atoms with van der Waals surface area (Å²) in [6.07, 6.45) is 2.47. The highest BCUT2D eigenvalue weighted by Crippen LogP contribution is 2.08. The minimum atomic E-state index is 0.836. The van der Waals surface area contributed by atoms with Crippen molar-refractivity contribution in [2.45, 2.75) is 26.7 Å². The number of rotatable bonds is 6. The van der Waals surface area contributed by atoms with Crippen molar-refractivity contribution < 1.29 is 0 Å². The molecule has 0 aliphatic rings. The topological polar surface area (TPSA) is 26.0 Å². The molecule has 2 heteroatoms. The van der Waals surface area contributed by atoms with Crippen LogP contribution < -0.4 is 5.73 Å². The summed E-state index contributed by atoms with van der Waals surface area (Å²) < 4.78 is 0. The normalized spacial score (nSPS) is 10.8. The van der Waals surface area contributed by atoms with Crippen LogP contribution in [0.15, 0.2) is 0 Å². The van der Waals surface area contributed by atoms with Crippen molar-refractivity contribution in [1.29, 1.82) is 0 Å². The van der Waals surface area contributed by atoms with Crippen molar-refractivity contribution in [2.75, 3.05) is 18.1 Å². The van der Waals surface area contributed by atoms with Crippen LogP contribution in [-0.4, -0.2) is 18.1 Å². The van der Waals surface area contributed by atoms with Gasteiger partial charge in [0, 0.05) is 0 Å². The molecule has 0 heterocycles. The van der Waals surface area contributed by atoms with E-state index in [0.29, 0.717) is 0 Å². The summed E-state index contributed by atoms with van der Waals surface area (Å²) in [6, 6.07) is 0. The second kappa shape index (κ2) is 7.42. The fraction of sp³-hybridized carbons (Fsp3) is 1.00. The van der Waals surface area contributed by atoms with E-state index in [9.17, 15) is 0 Å². The second-order valence-electron chi connectivity index (χ2n) is 2.96. The highest BCUT2D eigenvalue weighted by molar-refractivity contribution is 7.99. The zero-order valence-electron chi connectivity index (χ0n) is 7.10. The molecular weight excluding hydrogens is 142 g/mol. The summed E-state index contributed by atoms with van der Waals surface area (Å²) in [5, 5.41) is 0. The number of nitrogens with two attached hydrogens (primary N) is 1. The smallest absolute Gasteiger partial charge is 0.00444 e. The number of hydrogen-bond donors (Lipinski definition) is 1. The van der Waals surface area contributed by atoms with Gasteiger partial charge in [-0.1, -0.05) is 13.8 Å². The van der Waals surface area contributed by atoms with E-state index in [0.717, 1.165) is 12.5 Å². The maximum Gasteiger partial charge on any atom is -0.00444 e. The van der Waals surface area contributed by atoms with Crippen molar-refractivity contribution in [2.24, 2.45) is 11.7 Å². The summed E-state index contributed by atoms with van der Waals surface area (Å²) in [4.78, 5) is 0. The molecule has 0 atom stereocenters. The lowest BCUT2D eigenvalue weighted by atomic mass is 10.3. The fourth-order valence-corrected chi connectivity index (χ4v) is 1.71. The molecule has 0 saturated carbocycles. The molecule has 0 aromatic carbocycles. The lowest BCUT2D eigenvalue weighted by Gasteiger charge is -2.02. The van der Waals surface area contributed by atoms with Gasteiger partial charge in [0.15, 0.2) is 0 Å². The van der Waals surface area contributed by atoms with Crippen LogP contribution in [0.4, 0.5) is 0 Å². The lowest BCUT2D eigenvalue weighted by molar-refractivity contribution is 0.747. The van der Waals surface area contributed by atoms with Crippen LogP contribution in [0.25, 0.3) is 0 Å². The second-order valence-corrected chi connectivity index (χ2v) is 4.11. The molecule has 62 valence electrons. The van der Waals surface area contributed by atoms with Gasteiger partial charge in [-0.15, -0.1) is 0 Å². The Bertz CT molecular complexity index is 64.3. The molecule has 0 radical (unpaired) electrons. The molecule has 2 N–H and O–H groups in total. The molecule has 0 aromatic rings. The summed E-state index contributed by atoms with van der Waals surface area (Å²) in [5.41, 5.74) is 5.36. The summed E-state index contributed by atoms with van der Waals surface area (Å²) >= 11 is 2.05. The Hall–Kier alpha value is 0.310. The molecule has 1 nitrogen and oxygen atoms in total. The maximum atomic E-state index is 5.36. The number of thioether (sulfide) groups is 1. The van der Waals surface area contributed by atoms with Crippen molar-refractivity contribution in [1.82, 2.24) is 0 Å². The molecule has 0 rings (SSSR count). The quantitative estimate of drug-likeness (QED) is 0.604. The number of hydrogen-bond acceptors (Lipinski definition) is 2. The summed E-state index contributed by atoms with van der Waals surface area (Å²) in [7, 11) is 0. The van der Waals surface area contributed by atoms with Crippen molar-refractivity contribution >= 4 is 11.8 Å². The molecule has 0 aromatic heterocycles. The van der Waals surface area contributed by atoms with Crippen molar-refractivity contribution in [3.8, 4) is 0 Å². The third kappa shape index (κ3) is 8.31. The van der Waals surface area contributed by atoms with Gasteiger partial charge >= 0.3 is 0 Å². The molecule has 0 spiro atoms. The molecular formula is C8H19NS. The van der Waals surface area contributed by atoms with Gasteiger partial charge in [-0.25, -0.2) is 0 Å². The Morgan fingerprint density at radius 2 is 2.00 bits per heavy atom. The first-order chi connectivity index (χ1) is 4.77. The first kappa shape index (κ1) is 10.3. The maximum absolute atomic E-state index is 5.36. The van der Waals surface area contributed by atoms with Gasteiger partial charge < -0.3 is 5.73 Å². The van der Waals surface area contributed by atoms with E-state index in [1.165, 1.54) is 24.3 Å². The largest absolute Gasteiger partial charge is 0.330 e. The van der Waals surface area contributed by atoms with E-state index >= 15 is 0 Å². The van der Waals surface area contributed by atoms with E-state index in [-0.39, 0.29) is 0 Å². The van der Waals surface area contributed by atoms with E-state index in [4.69, 9.17) is 5.73 Å². The predicted octanol–water partition coefficient (Wildman–Crippen LogP) is 2.11. The van der Waals surface area contributed by atoms with Crippen molar-refractivity contribution in [3.05, 3.63) is 0 Å². The lowest BCUT2D eigenvalue weighted by Crippen LogP contribution is -1.99. The van der Waals surface area contributed by atoms with Gasteiger partial charge in [0.25, 0.3) is 0 Å². The first-order valence-corrected chi connectivity index (χ1v) is 5.20. The minimum Gasteiger partial charge on any atom is -0.330 e. The molecule has 0 fully saturated rings. The van der Waals surface area contributed by atoms with E-state index < -0.39 is 0 Å². The number of unbranched alkanes of at least 4 members (excludes halogenated alkanes) is 1. The van der Waals surface area contributed by atoms with Gasteiger partial charge in [-0.3, -0.25) is 0 Å². The summed E-state index contributed by atoms with van der Waals surface area (Å²) in [6.45, 7) is 5.37. The average molecular weight is 161 g/mol. The average Bonchev–Trinajstić information content (AvgIpc) is 1.87. The van der Waals surface area contributed by atoms with Crippen LogP contribution >= 0.6 is 11.8 Å². The molecule has 0 bridgehead atoms. The third-order valence-corrected chi connectivity index (χ3v) is 2.67. The molecule has 10 heavy (non-hydrogen) atoms. The van der Waals surface area contributed by atoms with Crippen LogP contribution in [-0.2, 0) is 0 Å². The molecule has 0 amide bonds. The Kier molecular flexibility index (Phi) is 7.65. The third-order valence-electron chi connectivity index (χ3n) is 1.19. The van der Waals surface area contributed by atoms with Crippen LogP contribution in [0.1, 0.15) is 26.7 Å². The molecule has 0 unspecified atom stereocenters. The van der Waals surface area contributed by atoms with Crippen LogP contribution in [0.3, 0.4) is 0 Å². The van der Waals surface area contributed by atoms with E-state index in [2.05, 4.69) is 13.8 Å². The van der Waals surface area contributed by atoms with E-state index in [1.807, 2.05) is 11.8 Å². The Labute approximate surface area is 68.8 Å². The SMILES string of the molecule is CC(C)CSCCCCN. The highest BCUT2D eigenvalue weighted by atomic mass is 32.2. The zero-order chi connectivity index (χ0) is 7.82.